The molecule has 0 radical (unpaired) electrons. The molecule has 2 unspecified atom stereocenters. The van der Waals surface area contributed by atoms with E-state index in [1.807, 2.05) is 42.4 Å². The van der Waals surface area contributed by atoms with Crippen molar-refractivity contribution in [3.63, 3.8) is 0 Å². The molecule has 4 aromatic carbocycles. The predicted molar refractivity (Wildman–Crippen MR) is 179 cm³/mol. The second kappa shape index (κ2) is 15.9. The zero-order valence-corrected chi connectivity index (χ0v) is 25.9. The van der Waals surface area contributed by atoms with E-state index in [0.29, 0.717) is 32.3 Å². The smallest absolute Gasteiger partial charge is 0.119 e. The van der Waals surface area contributed by atoms with Gasteiger partial charge in [0.05, 0.1) is 32.5 Å². The maximum absolute atomic E-state index is 6.60. The fraction of sp³-hybridized carbons (Fsp3) is 0.289. The number of nitrogens with zero attached hydrogens (tertiary/aromatic N) is 1. The van der Waals surface area contributed by atoms with E-state index < -0.39 is 0 Å². The molecule has 1 aliphatic heterocycles. The molecule has 1 saturated heterocycles. The number of ether oxygens (including phenoxy) is 3. The lowest BCUT2D eigenvalue weighted by atomic mass is 9.87. The quantitative estimate of drug-likeness (QED) is 0.102. The van der Waals surface area contributed by atoms with Gasteiger partial charge in [-0.25, -0.2) is 0 Å². The molecule has 226 valence electrons. The molecule has 2 heterocycles. The number of hydrogen-bond donors (Lipinski definition) is 1. The predicted octanol–water partition coefficient (Wildman–Crippen LogP) is 8.18. The monoisotopic (exact) mass is 604 g/mol. The first kappa shape index (κ1) is 30.4. The van der Waals surface area contributed by atoms with Crippen LogP contribution >= 0.6 is 11.8 Å². The van der Waals surface area contributed by atoms with E-state index >= 15 is 0 Å². The lowest BCUT2D eigenvalue weighted by Gasteiger charge is -2.32. The van der Waals surface area contributed by atoms with E-state index in [4.69, 9.17) is 14.2 Å². The van der Waals surface area contributed by atoms with Crippen molar-refractivity contribution in [2.45, 2.75) is 48.7 Å². The second-order valence-corrected chi connectivity index (χ2v) is 12.3. The van der Waals surface area contributed by atoms with Crippen molar-refractivity contribution >= 4 is 22.5 Å². The van der Waals surface area contributed by atoms with Gasteiger partial charge in [-0.05, 0) is 76.3 Å². The first-order valence-electron chi connectivity index (χ1n) is 15.5. The van der Waals surface area contributed by atoms with Gasteiger partial charge in [0.25, 0.3) is 0 Å². The van der Waals surface area contributed by atoms with Crippen LogP contribution in [0.3, 0.4) is 0 Å². The summed E-state index contributed by atoms with van der Waals surface area (Å²) < 4.78 is 18.4. The summed E-state index contributed by atoms with van der Waals surface area (Å²) in [5.41, 5.74) is 5.05. The topological polar surface area (TPSA) is 52.6 Å². The van der Waals surface area contributed by atoms with Crippen LogP contribution in [0.1, 0.15) is 41.0 Å². The number of thioether (sulfide) groups is 1. The normalized spacial score (nSPS) is 16.6. The zero-order valence-electron chi connectivity index (χ0n) is 25.1. The van der Waals surface area contributed by atoms with Crippen LogP contribution in [0.25, 0.3) is 10.8 Å². The molecule has 6 heteroatoms. The van der Waals surface area contributed by atoms with Crippen LogP contribution in [0.2, 0.25) is 0 Å². The maximum atomic E-state index is 6.60. The fourth-order valence-electron chi connectivity index (χ4n) is 5.71. The number of hydrogen-bond acceptors (Lipinski definition) is 6. The van der Waals surface area contributed by atoms with Gasteiger partial charge in [0, 0.05) is 41.9 Å². The van der Waals surface area contributed by atoms with Gasteiger partial charge in [0.2, 0.25) is 0 Å². The first-order valence-corrected chi connectivity index (χ1v) is 16.5. The molecule has 0 aliphatic carbocycles. The van der Waals surface area contributed by atoms with E-state index in [0.717, 1.165) is 37.4 Å². The van der Waals surface area contributed by atoms with Crippen LogP contribution in [-0.2, 0) is 28.4 Å². The molecule has 0 bridgehead atoms. The van der Waals surface area contributed by atoms with Crippen molar-refractivity contribution in [1.29, 1.82) is 0 Å². The third kappa shape index (κ3) is 8.48. The molecule has 0 amide bonds. The van der Waals surface area contributed by atoms with Gasteiger partial charge >= 0.3 is 0 Å². The summed E-state index contributed by atoms with van der Waals surface area (Å²) in [6, 6.07) is 36.3. The zero-order chi connectivity index (χ0) is 29.8. The van der Waals surface area contributed by atoms with Gasteiger partial charge in [0.15, 0.2) is 0 Å². The molecular formula is C38H40N2O3S. The van der Waals surface area contributed by atoms with Crippen LogP contribution in [0.5, 0.6) is 5.75 Å². The Balaban J connectivity index is 1.01. The highest BCUT2D eigenvalue weighted by molar-refractivity contribution is 7.98. The highest BCUT2D eigenvalue weighted by Crippen LogP contribution is 2.31. The van der Waals surface area contributed by atoms with Gasteiger partial charge in [-0.3, -0.25) is 4.98 Å². The summed E-state index contributed by atoms with van der Waals surface area (Å²) in [5.74, 6) is 2.17. The highest BCUT2D eigenvalue weighted by Gasteiger charge is 2.27. The summed E-state index contributed by atoms with van der Waals surface area (Å²) in [6.07, 6.45) is 5.73. The molecule has 5 aromatic rings. The van der Waals surface area contributed by atoms with Crippen molar-refractivity contribution in [3.8, 4) is 5.75 Å². The van der Waals surface area contributed by atoms with E-state index in [2.05, 4.69) is 95.2 Å². The molecule has 1 aliphatic rings. The van der Waals surface area contributed by atoms with Gasteiger partial charge in [-0.2, -0.15) is 0 Å². The van der Waals surface area contributed by atoms with Gasteiger partial charge in [-0.1, -0.05) is 72.8 Å². The minimum atomic E-state index is 0.116. The lowest BCUT2D eigenvalue weighted by Crippen LogP contribution is -2.40. The molecule has 1 N–H and O–H groups in total. The largest absolute Gasteiger partial charge is 0.494 e. The van der Waals surface area contributed by atoms with E-state index in [9.17, 15) is 0 Å². The molecule has 44 heavy (non-hydrogen) atoms. The number of rotatable bonds is 14. The second-order valence-electron chi connectivity index (χ2n) is 11.2. The number of piperidine rings is 1. The third-order valence-corrected chi connectivity index (χ3v) is 9.15. The molecule has 0 saturated carbocycles. The highest BCUT2D eigenvalue weighted by atomic mass is 32.2. The molecular weight excluding hydrogens is 564 g/mol. The molecule has 1 aromatic heterocycles. The maximum Gasteiger partial charge on any atom is 0.119 e. The van der Waals surface area contributed by atoms with Gasteiger partial charge in [0.1, 0.15) is 5.75 Å². The number of pyridine rings is 1. The number of aromatic nitrogens is 1. The minimum absolute atomic E-state index is 0.116. The Bertz CT molecular complexity index is 1580. The summed E-state index contributed by atoms with van der Waals surface area (Å²) in [7, 11) is 0. The van der Waals surface area contributed by atoms with E-state index in [1.54, 1.807) is 0 Å². The fourth-order valence-corrected chi connectivity index (χ4v) is 6.60. The Labute approximate surface area is 265 Å². The van der Waals surface area contributed by atoms with Crippen LogP contribution in [0, 0.1) is 0 Å². The van der Waals surface area contributed by atoms with Crippen molar-refractivity contribution in [2.75, 3.05) is 26.3 Å². The van der Waals surface area contributed by atoms with Crippen LogP contribution in [0.4, 0.5) is 0 Å². The Kier molecular flexibility index (Phi) is 10.9. The van der Waals surface area contributed by atoms with E-state index in [1.165, 1.54) is 37.9 Å². The molecule has 0 spiro atoms. The summed E-state index contributed by atoms with van der Waals surface area (Å²) in [5, 5.41) is 6.10. The Morgan fingerprint density at radius 1 is 0.795 bits per heavy atom. The van der Waals surface area contributed by atoms with Crippen molar-refractivity contribution < 1.29 is 14.2 Å². The molecule has 6 rings (SSSR count). The van der Waals surface area contributed by atoms with E-state index in [-0.39, 0.29) is 6.10 Å². The van der Waals surface area contributed by atoms with Crippen molar-refractivity contribution in [2.24, 2.45) is 0 Å². The molecule has 2 atom stereocenters. The molecule has 5 nitrogen and oxygen atoms in total. The number of fused-ring (bicyclic) bond motifs is 1. The Morgan fingerprint density at radius 3 is 2.52 bits per heavy atom. The van der Waals surface area contributed by atoms with Crippen LogP contribution in [0.15, 0.2) is 120 Å². The van der Waals surface area contributed by atoms with Crippen molar-refractivity contribution in [1.82, 2.24) is 10.3 Å². The Hall–Kier alpha value is -3.68. The standard InChI is InChI=1S/C38H40N2O3S/c1-2-6-29(7-3-1)26-41-22-5-23-42-34-14-12-32(13-15-34)36-18-21-40-25-38(36)43-27-30-10-11-31-8-4-9-33(37(31)24-30)28-44-35-16-19-39-20-17-35/h1-4,6-17,19-20,24,36,38,40H,5,18,21-23,25-28H2. The van der Waals surface area contributed by atoms with Crippen LogP contribution < -0.4 is 10.1 Å². The number of benzene rings is 4. The van der Waals surface area contributed by atoms with Gasteiger partial charge in [-0.15, -0.1) is 11.8 Å². The average molecular weight is 605 g/mol. The minimum Gasteiger partial charge on any atom is -0.494 e. The average Bonchev–Trinajstić information content (AvgIpc) is 3.09. The SMILES string of the molecule is c1ccc(COCCCOc2ccc(C3CCNCC3OCc3ccc4cccc(CSc5ccncc5)c4c3)cc2)cc1. The van der Waals surface area contributed by atoms with Crippen molar-refractivity contribution in [3.05, 3.63) is 138 Å². The summed E-state index contributed by atoms with van der Waals surface area (Å²) in [4.78, 5) is 5.37. The summed E-state index contributed by atoms with van der Waals surface area (Å²) >= 11 is 1.84. The Morgan fingerprint density at radius 2 is 1.66 bits per heavy atom. The van der Waals surface area contributed by atoms with Crippen LogP contribution in [-0.4, -0.2) is 37.4 Å². The number of nitrogens with one attached hydrogen (secondary N) is 1. The summed E-state index contributed by atoms with van der Waals surface area (Å²) in [6.45, 7) is 4.42. The van der Waals surface area contributed by atoms with Gasteiger partial charge < -0.3 is 19.5 Å². The molecule has 1 fully saturated rings. The first-order chi connectivity index (χ1) is 21.8. The lowest BCUT2D eigenvalue weighted by molar-refractivity contribution is 0.0106. The third-order valence-electron chi connectivity index (χ3n) is 8.09.